The minimum absolute atomic E-state index is 0.00518. The molecule has 24 heavy (non-hydrogen) atoms. The molecule has 0 aliphatic heterocycles. The predicted molar refractivity (Wildman–Crippen MR) is 92.1 cm³/mol. The molecule has 0 atom stereocenters. The molecule has 6 nitrogen and oxygen atoms in total. The van der Waals surface area contributed by atoms with Gasteiger partial charge in [0.15, 0.2) is 5.69 Å². The third-order valence-corrected chi connectivity index (χ3v) is 4.07. The first kappa shape index (κ1) is 18.3. The number of carboxylic acids is 1. The van der Waals surface area contributed by atoms with Gasteiger partial charge in [-0.15, -0.1) is 0 Å². The first-order valence-corrected chi connectivity index (χ1v) is 7.91. The van der Waals surface area contributed by atoms with Crippen molar-refractivity contribution in [1.29, 1.82) is 0 Å². The van der Waals surface area contributed by atoms with Crippen molar-refractivity contribution in [3.05, 3.63) is 45.7 Å². The van der Waals surface area contributed by atoms with E-state index in [9.17, 15) is 9.59 Å². The highest BCUT2D eigenvalue weighted by molar-refractivity contribution is 6.35. The number of carbonyl (C=O) groups is 2. The number of halogens is 2. The molecular formula is C16H17Cl2N3O3. The second-order valence-electron chi connectivity index (χ2n) is 6.05. The molecule has 0 aliphatic rings. The van der Waals surface area contributed by atoms with Gasteiger partial charge in [-0.25, -0.2) is 4.68 Å². The third kappa shape index (κ3) is 3.88. The molecule has 0 radical (unpaired) electrons. The van der Waals surface area contributed by atoms with Crippen LogP contribution < -0.4 is 5.32 Å². The van der Waals surface area contributed by atoms with E-state index in [4.69, 9.17) is 28.3 Å². The Morgan fingerprint density at radius 2 is 1.96 bits per heavy atom. The Hall–Kier alpha value is -2.05. The number of aryl methyl sites for hydroxylation is 1. The van der Waals surface area contributed by atoms with Gasteiger partial charge >= 0.3 is 5.97 Å². The molecule has 128 valence electrons. The van der Waals surface area contributed by atoms with Gasteiger partial charge < -0.3 is 10.4 Å². The number of aromatic nitrogens is 2. The molecule has 0 saturated carbocycles. The highest BCUT2D eigenvalue weighted by atomic mass is 35.5. The molecular weight excluding hydrogens is 353 g/mol. The van der Waals surface area contributed by atoms with E-state index in [0.29, 0.717) is 21.4 Å². The van der Waals surface area contributed by atoms with E-state index in [1.54, 1.807) is 31.2 Å². The van der Waals surface area contributed by atoms with E-state index in [1.165, 1.54) is 18.5 Å². The molecule has 0 saturated heterocycles. The lowest BCUT2D eigenvalue weighted by atomic mass is 9.94. The summed E-state index contributed by atoms with van der Waals surface area (Å²) in [6.07, 6.45) is 0. The number of carbonyl (C=O) groups excluding carboxylic acids is 1. The molecule has 0 aliphatic carbocycles. The summed E-state index contributed by atoms with van der Waals surface area (Å²) in [6.45, 7) is 4.85. The van der Waals surface area contributed by atoms with Gasteiger partial charge in [-0.3, -0.25) is 9.59 Å². The zero-order valence-corrected chi connectivity index (χ0v) is 14.9. The van der Waals surface area contributed by atoms with Gasteiger partial charge in [-0.2, -0.15) is 5.10 Å². The van der Waals surface area contributed by atoms with Gasteiger partial charge in [-0.05, 0) is 45.0 Å². The Bertz CT molecular complexity index is 800. The normalized spacial score (nSPS) is 11.4. The smallest absolute Gasteiger partial charge is 0.310 e. The van der Waals surface area contributed by atoms with Crippen LogP contribution in [0.5, 0.6) is 0 Å². The minimum atomic E-state index is -1.06. The van der Waals surface area contributed by atoms with E-state index in [-0.39, 0.29) is 12.2 Å². The average Bonchev–Trinajstić information content (AvgIpc) is 2.86. The van der Waals surface area contributed by atoms with Gasteiger partial charge in [0.05, 0.1) is 16.1 Å². The highest BCUT2D eigenvalue weighted by Crippen LogP contribution is 2.25. The van der Waals surface area contributed by atoms with Crippen molar-refractivity contribution in [3.63, 3.8) is 0 Å². The highest BCUT2D eigenvalue weighted by Gasteiger charge is 2.28. The molecule has 2 N–H and O–H groups in total. The van der Waals surface area contributed by atoms with Crippen molar-refractivity contribution in [2.75, 3.05) is 6.54 Å². The summed E-state index contributed by atoms with van der Waals surface area (Å²) in [5.74, 6) is -1.44. The maximum absolute atomic E-state index is 12.2. The van der Waals surface area contributed by atoms with E-state index < -0.39 is 17.3 Å². The maximum atomic E-state index is 12.2. The van der Waals surface area contributed by atoms with Crippen LogP contribution in [0.15, 0.2) is 24.3 Å². The Balaban J connectivity index is 2.22. The SMILES string of the molecule is Cc1cc(C(=O)NCC(C)(C)C(=O)O)nn1-c1ccc(Cl)cc1Cl. The first-order valence-electron chi connectivity index (χ1n) is 7.15. The number of hydrogen-bond acceptors (Lipinski definition) is 3. The van der Waals surface area contributed by atoms with Crippen LogP contribution in [0.2, 0.25) is 10.0 Å². The second-order valence-corrected chi connectivity index (χ2v) is 6.89. The van der Waals surface area contributed by atoms with Gasteiger partial charge in [-0.1, -0.05) is 23.2 Å². The summed E-state index contributed by atoms with van der Waals surface area (Å²) in [4.78, 5) is 23.3. The molecule has 2 rings (SSSR count). The largest absolute Gasteiger partial charge is 0.481 e. The van der Waals surface area contributed by atoms with Gasteiger partial charge in [0, 0.05) is 17.3 Å². The number of carboxylic acid groups (broad SMARTS) is 1. The summed E-state index contributed by atoms with van der Waals surface area (Å²) in [7, 11) is 0. The number of aliphatic carboxylic acids is 1. The van der Waals surface area contributed by atoms with Crippen LogP contribution in [0.1, 0.15) is 30.0 Å². The van der Waals surface area contributed by atoms with Crippen LogP contribution in [0.4, 0.5) is 0 Å². The average molecular weight is 370 g/mol. The molecule has 8 heteroatoms. The van der Waals surface area contributed by atoms with Crippen LogP contribution in [0.3, 0.4) is 0 Å². The molecule has 0 spiro atoms. The van der Waals surface area contributed by atoms with Crippen molar-refractivity contribution < 1.29 is 14.7 Å². The summed E-state index contributed by atoms with van der Waals surface area (Å²) >= 11 is 12.1. The van der Waals surface area contributed by atoms with Crippen molar-refractivity contribution >= 4 is 35.1 Å². The standard InChI is InChI=1S/C16H17Cl2N3O3/c1-9-6-12(14(22)19-8-16(2,3)15(23)24)20-21(9)13-5-4-10(17)7-11(13)18/h4-7H,8H2,1-3H3,(H,19,22)(H,23,24). The number of nitrogens with one attached hydrogen (secondary N) is 1. The second kappa shape index (κ2) is 6.83. The zero-order chi connectivity index (χ0) is 18.1. The molecule has 0 fully saturated rings. The van der Waals surface area contributed by atoms with E-state index >= 15 is 0 Å². The number of hydrogen-bond donors (Lipinski definition) is 2. The molecule has 2 aromatic rings. The monoisotopic (exact) mass is 369 g/mol. The number of benzene rings is 1. The molecule has 1 aromatic carbocycles. The number of nitrogens with zero attached hydrogens (tertiary/aromatic N) is 2. The van der Waals surface area contributed by atoms with Gasteiger partial charge in [0.2, 0.25) is 0 Å². The van der Waals surface area contributed by atoms with Crippen LogP contribution in [0, 0.1) is 12.3 Å². The Kier molecular flexibility index (Phi) is 5.20. The van der Waals surface area contributed by atoms with Crippen LogP contribution in [0.25, 0.3) is 5.69 Å². The van der Waals surface area contributed by atoms with Crippen LogP contribution >= 0.6 is 23.2 Å². The molecule has 0 bridgehead atoms. The van der Waals surface area contributed by atoms with E-state index in [1.807, 2.05) is 0 Å². The molecule has 1 heterocycles. The number of rotatable bonds is 5. The lowest BCUT2D eigenvalue weighted by Crippen LogP contribution is -2.39. The predicted octanol–water partition coefficient (Wildman–Crippen LogP) is 3.33. The fourth-order valence-corrected chi connectivity index (χ4v) is 2.44. The quantitative estimate of drug-likeness (QED) is 0.846. The third-order valence-electron chi connectivity index (χ3n) is 3.53. The number of amides is 1. The minimum Gasteiger partial charge on any atom is -0.481 e. The summed E-state index contributed by atoms with van der Waals surface area (Å²) in [6, 6.07) is 6.58. The topological polar surface area (TPSA) is 84.2 Å². The van der Waals surface area contributed by atoms with Crippen molar-refractivity contribution in [1.82, 2.24) is 15.1 Å². The van der Waals surface area contributed by atoms with Crippen LogP contribution in [-0.2, 0) is 4.79 Å². The fraction of sp³-hybridized carbons (Fsp3) is 0.312. The lowest BCUT2D eigenvalue weighted by molar-refractivity contribution is -0.146. The van der Waals surface area contributed by atoms with Crippen molar-refractivity contribution in [3.8, 4) is 5.69 Å². The Morgan fingerprint density at radius 1 is 1.29 bits per heavy atom. The Morgan fingerprint density at radius 3 is 2.54 bits per heavy atom. The van der Waals surface area contributed by atoms with Crippen LogP contribution in [-0.4, -0.2) is 33.3 Å². The summed E-state index contributed by atoms with van der Waals surface area (Å²) < 4.78 is 1.54. The van der Waals surface area contributed by atoms with Crippen molar-refractivity contribution in [2.45, 2.75) is 20.8 Å². The summed E-state index contributed by atoms with van der Waals surface area (Å²) in [5.41, 5.74) is 0.428. The van der Waals surface area contributed by atoms with E-state index in [0.717, 1.165) is 0 Å². The first-order chi connectivity index (χ1) is 11.1. The molecule has 1 amide bonds. The maximum Gasteiger partial charge on any atom is 0.310 e. The lowest BCUT2D eigenvalue weighted by Gasteiger charge is -2.18. The molecule has 0 unspecified atom stereocenters. The van der Waals surface area contributed by atoms with Gasteiger partial charge in [0.25, 0.3) is 5.91 Å². The Labute approximate surface area is 149 Å². The fourth-order valence-electron chi connectivity index (χ4n) is 1.95. The van der Waals surface area contributed by atoms with E-state index in [2.05, 4.69) is 10.4 Å². The zero-order valence-electron chi connectivity index (χ0n) is 13.4. The molecule has 1 aromatic heterocycles. The summed E-state index contributed by atoms with van der Waals surface area (Å²) in [5, 5.41) is 16.8. The van der Waals surface area contributed by atoms with Gasteiger partial charge in [0.1, 0.15) is 0 Å². The van der Waals surface area contributed by atoms with Crippen molar-refractivity contribution in [2.24, 2.45) is 5.41 Å².